The van der Waals surface area contributed by atoms with Gasteiger partial charge in [0.15, 0.2) is 5.65 Å². The highest BCUT2D eigenvalue weighted by atomic mass is 32.2. The number of hydrogen-bond acceptors (Lipinski definition) is 6. The Hall–Kier alpha value is -1.80. The number of nitrogens with zero attached hydrogens (tertiary/aromatic N) is 4. The monoisotopic (exact) mass is 333 g/mol. The second-order valence-corrected chi connectivity index (χ2v) is 8.19. The largest absolute Gasteiger partial charge is 0.356 e. The molecule has 0 radical (unpaired) electrons. The number of pyridine rings is 1. The Bertz CT molecular complexity index is 808. The third kappa shape index (κ3) is 3.00. The van der Waals surface area contributed by atoms with E-state index in [9.17, 15) is 8.42 Å². The summed E-state index contributed by atoms with van der Waals surface area (Å²) in [7, 11) is -3.11. The van der Waals surface area contributed by atoms with Gasteiger partial charge in [0.05, 0.1) is 10.6 Å². The molecule has 0 atom stereocenters. The predicted molar refractivity (Wildman–Crippen MR) is 87.6 cm³/mol. The van der Waals surface area contributed by atoms with E-state index in [1.807, 2.05) is 12.1 Å². The lowest BCUT2D eigenvalue weighted by atomic mass is 10.1. The van der Waals surface area contributed by atoms with Gasteiger partial charge in [0, 0.05) is 25.3 Å². The smallest absolute Gasteiger partial charge is 0.214 e. The van der Waals surface area contributed by atoms with Crippen LogP contribution >= 0.6 is 0 Å². The molecule has 0 unspecified atom stereocenters. The van der Waals surface area contributed by atoms with Crippen molar-refractivity contribution in [3.63, 3.8) is 0 Å². The van der Waals surface area contributed by atoms with Crippen molar-refractivity contribution in [3.05, 3.63) is 24.7 Å². The summed E-state index contributed by atoms with van der Waals surface area (Å²) in [6.07, 6.45) is 6.43. The number of aromatic nitrogens is 3. The Morgan fingerprint density at radius 1 is 1.09 bits per heavy atom. The van der Waals surface area contributed by atoms with Gasteiger partial charge in [-0.3, -0.25) is 0 Å². The van der Waals surface area contributed by atoms with Crippen LogP contribution in [0.2, 0.25) is 0 Å². The zero-order valence-electron chi connectivity index (χ0n) is 12.7. The number of rotatable bonds is 4. The van der Waals surface area contributed by atoms with E-state index in [4.69, 9.17) is 0 Å². The molecule has 1 saturated heterocycles. The van der Waals surface area contributed by atoms with E-state index in [2.05, 4.69) is 24.6 Å². The Kier molecular flexibility index (Phi) is 3.65. The highest BCUT2D eigenvalue weighted by molar-refractivity contribution is 7.90. The van der Waals surface area contributed by atoms with Gasteiger partial charge >= 0.3 is 0 Å². The number of hydrogen-bond donors (Lipinski definition) is 1. The molecule has 0 amide bonds. The summed E-state index contributed by atoms with van der Waals surface area (Å²) in [6.45, 7) is 1.55. The molecule has 0 spiro atoms. The average molecular weight is 333 g/mol. The summed E-state index contributed by atoms with van der Waals surface area (Å²) in [6, 6.07) is 3.88. The first-order valence-electron chi connectivity index (χ1n) is 7.95. The van der Waals surface area contributed by atoms with Crippen LogP contribution in [0, 0.1) is 0 Å². The summed E-state index contributed by atoms with van der Waals surface area (Å²) in [5.74, 6) is 0.881. The van der Waals surface area contributed by atoms with Crippen molar-refractivity contribution in [1.29, 1.82) is 0 Å². The number of piperidine rings is 1. The zero-order valence-corrected chi connectivity index (χ0v) is 13.5. The SMILES string of the molecule is O=S(=O)(NC1CCN(c2ncnc3ncccc23)CC1)C1CC1. The van der Waals surface area contributed by atoms with Crippen LogP contribution in [-0.2, 0) is 10.0 Å². The number of anilines is 1. The molecule has 23 heavy (non-hydrogen) atoms. The molecule has 4 rings (SSSR count). The predicted octanol–water partition coefficient (Wildman–Crippen LogP) is 1.08. The molecule has 8 heteroatoms. The molecule has 1 aliphatic carbocycles. The van der Waals surface area contributed by atoms with Gasteiger partial charge in [-0.15, -0.1) is 0 Å². The molecule has 1 aliphatic heterocycles. The normalized spacial score (nSPS) is 20.1. The van der Waals surface area contributed by atoms with Gasteiger partial charge in [-0.25, -0.2) is 28.1 Å². The van der Waals surface area contributed by atoms with Crippen LogP contribution < -0.4 is 9.62 Å². The van der Waals surface area contributed by atoms with Crippen molar-refractivity contribution in [2.75, 3.05) is 18.0 Å². The maximum atomic E-state index is 12.0. The molecule has 3 heterocycles. The maximum Gasteiger partial charge on any atom is 0.214 e. The molecule has 1 saturated carbocycles. The van der Waals surface area contributed by atoms with Crippen LogP contribution in [0.5, 0.6) is 0 Å². The van der Waals surface area contributed by atoms with Gasteiger partial charge in [-0.05, 0) is 37.8 Å². The molecule has 0 bridgehead atoms. The van der Waals surface area contributed by atoms with Crippen LogP contribution in [0.1, 0.15) is 25.7 Å². The maximum absolute atomic E-state index is 12.0. The van der Waals surface area contributed by atoms with Crippen LogP contribution in [0.3, 0.4) is 0 Å². The van der Waals surface area contributed by atoms with Gasteiger partial charge in [0.1, 0.15) is 12.1 Å². The highest BCUT2D eigenvalue weighted by Gasteiger charge is 2.37. The van der Waals surface area contributed by atoms with E-state index >= 15 is 0 Å². The first kappa shape index (κ1) is 14.8. The van der Waals surface area contributed by atoms with E-state index in [0.29, 0.717) is 5.65 Å². The Morgan fingerprint density at radius 3 is 2.61 bits per heavy atom. The van der Waals surface area contributed by atoms with Crippen molar-refractivity contribution in [3.8, 4) is 0 Å². The second kappa shape index (κ2) is 5.68. The van der Waals surface area contributed by atoms with Crippen LogP contribution in [0.25, 0.3) is 11.0 Å². The Labute approximate surface area is 135 Å². The summed E-state index contributed by atoms with van der Waals surface area (Å²) >= 11 is 0. The van der Waals surface area contributed by atoms with E-state index in [0.717, 1.165) is 50.0 Å². The first-order chi connectivity index (χ1) is 11.1. The molecule has 7 nitrogen and oxygen atoms in total. The average Bonchev–Trinajstić information content (AvgIpc) is 3.40. The lowest BCUT2D eigenvalue weighted by Crippen LogP contribution is -2.45. The van der Waals surface area contributed by atoms with Crippen LogP contribution in [-0.4, -0.2) is 47.8 Å². The van der Waals surface area contributed by atoms with Crippen molar-refractivity contribution in [2.24, 2.45) is 0 Å². The fraction of sp³-hybridized carbons (Fsp3) is 0.533. The summed E-state index contributed by atoms with van der Waals surface area (Å²) in [4.78, 5) is 15.0. The van der Waals surface area contributed by atoms with Gasteiger partial charge in [0.2, 0.25) is 10.0 Å². The Balaban J connectivity index is 1.47. The van der Waals surface area contributed by atoms with Crippen LogP contribution in [0.15, 0.2) is 24.7 Å². The molecular weight excluding hydrogens is 314 g/mol. The van der Waals surface area contributed by atoms with Gasteiger partial charge in [-0.1, -0.05) is 0 Å². The zero-order chi connectivity index (χ0) is 15.9. The van der Waals surface area contributed by atoms with Crippen molar-refractivity contribution < 1.29 is 8.42 Å². The van der Waals surface area contributed by atoms with E-state index < -0.39 is 10.0 Å². The molecule has 1 N–H and O–H groups in total. The lowest BCUT2D eigenvalue weighted by molar-refractivity contribution is 0.458. The standard InChI is InChI=1S/C15H19N5O2S/c21-23(22,12-3-4-12)19-11-5-8-20(9-6-11)15-13-2-1-7-16-14(13)17-10-18-15/h1-2,7,10-12,19H,3-6,8-9H2. The molecule has 0 aromatic carbocycles. The third-order valence-corrected chi connectivity index (χ3v) is 6.49. The number of fused-ring (bicyclic) bond motifs is 1. The van der Waals surface area contributed by atoms with Gasteiger partial charge < -0.3 is 4.90 Å². The van der Waals surface area contributed by atoms with Crippen molar-refractivity contribution in [2.45, 2.75) is 37.0 Å². The summed E-state index contributed by atoms with van der Waals surface area (Å²) in [5.41, 5.74) is 0.689. The molecule has 2 aromatic rings. The molecule has 2 aromatic heterocycles. The fourth-order valence-corrected chi connectivity index (χ4v) is 4.70. The molecular formula is C15H19N5O2S. The van der Waals surface area contributed by atoms with E-state index in [1.165, 1.54) is 6.33 Å². The number of nitrogens with one attached hydrogen (secondary N) is 1. The highest BCUT2D eigenvalue weighted by Crippen LogP contribution is 2.29. The van der Waals surface area contributed by atoms with Crippen molar-refractivity contribution in [1.82, 2.24) is 19.7 Å². The van der Waals surface area contributed by atoms with Crippen molar-refractivity contribution >= 4 is 26.9 Å². The quantitative estimate of drug-likeness (QED) is 0.900. The lowest BCUT2D eigenvalue weighted by Gasteiger charge is -2.33. The van der Waals surface area contributed by atoms with E-state index in [1.54, 1.807) is 6.20 Å². The minimum atomic E-state index is -3.11. The van der Waals surface area contributed by atoms with E-state index in [-0.39, 0.29) is 11.3 Å². The topological polar surface area (TPSA) is 88.1 Å². The molecule has 2 fully saturated rings. The van der Waals surface area contributed by atoms with Crippen LogP contribution in [0.4, 0.5) is 5.82 Å². The van der Waals surface area contributed by atoms with Gasteiger partial charge in [0.25, 0.3) is 0 Å². The molecule has 2 aliphatic rings. The summed E-state index contributed by atoms with van der Waals surface area (Å²) < 4.78 is 26.9. The minimum absolute atomic E-state index is 0.0306. The third-order valence-electron chi connectivity index (χ3n) is 4.48. The summed E-state index contributed by atoms with van der Waals surface area (Å²) in [5, 5.41) is 0.782. The fourth-order valence-electron chi connectivity index (χ4n) is 3.05. The minimum Gasteiger partial charge on any atom is -0.356 e. The number of sulfonamides is 1. The van der Waals surface area contributed by atoms with Gasteiger partial charge in [-0.2, -0.15) is 0 Å². The first-order valence-corrected chi connectivity index (χ1v) is 9.50. The Morgan fingerprint density at radius 2 is 1.87 bits per heavy atom. The molecule has 122 valence electrons. The second-order valence-electron chi connectivity index (χ2n) is 6.20.